The fourth-order valence-electron chi connectivity index (χ4n) is 4.64. The maximum atomic E-state index is 15.0. The van der Waals surface area contributed by atoms with Gasteiger partial charge in [-0.05, 0) is 37.6 Å². The maximum Gasteiger partial charge on any atom is 0.235 e. The lowest BCUT2D eigenvalue weighted by Gasteiger charge is -2.35. The van der Waals surface area contributed by atoms with Gasteiger partial charge in [-0.2, -0.15) is 0 Å². The molecule has 1 aromatic carbocycles. The van der Waals surface area contributed by atoms with E-state index in [0.29, 0.717) is 60.7 Å². The van der Waals surface area contributed by atoms with E-state index in [2.05, 4.69) is 20.6 Å². The highest BCUT2D eigenvalue weighted by Crippen LogP contribution is 2.30. The van der Waals surface area contributed by atoms with Crippen LogP contribution in [0.4, 0.5) is 19.0 Å². The molecule has 0 spiro atoms. The van der Waals surface area contributed by atoms with E-state index in [9.17, 15) is 18.0 Å². The number of hydrogen-bond acceptors (Lipinski definition) is 7. The Hall–Kier alpha value is -2.31. The number of fused-ring (bicyclic) bond motifs is 2. The van der Waals surface area contributed by atoms with Crippen LogP contribution in [-0.4, -0.2) is 65.5 Å². The first-order valence-electron chi connectivity index (χ1n) is 11.7. The van der Waals surface area contributed by atoms with Gasteiger partial charge in [0, 0.05) is 42.7 Å². The van der Waals surface area contributed by atoms with Crippen molar-refractivity contribution in [3.8, 4) is 5.75 Å². The van der Waals surface area contributed by atoms with E-state index in [1.54, 1.807) is 6.07 Å². The van der Waals surface area contributed by atoms with E-state index in [1.807, 2.05) is 17.0 Å². The molecule has 0 bridgehead atoms. The Morgan fingerprint density at radius 2 is 2.05 bits per heavy atom. The number of hydrogen-bond donors (Lipinski definition) is 2. The molecule has 1 saturated heterocycles. The summed E-state index contributed by atoms with van der Waals surface area (Å²) in [4.78, 5) is 22.8. The van der Waals surface area contributed by atoms with Crippen LogP contribution in [0.2, 0.25) is 0 Å². The Morgan fingerprint density at radius 1 is 1.24 bits per heavy atom. The van der Waals surface area contributed by atoms with Crippen LogP contribution in [0.25, 0.3) is 10.9 Å². The second-order valence-electron chi connectivity index (χ2n) is 8.92. The highest BCUT2D eigenvalue weighted by atomic mass is 35.5. The summed E-state index contributed by atoms with van der Waals surface area (Å²) in [6, 6.07) is 6.26. The lowest BCUT2D eigenvalue weighted by molar-refractivity contribution is -0.113. The number of halogens is 5. The molecule has 2 aromatic heterocycles. The van der Waals surface area contributed by atoms with Crippen molar-refractivity contribution in [2.24, 2.45) is 0 Å². The molecule has 4 heterocycles. The van der Waals surface area contributed by atoms with E-state index in [1.165, 1.54) is 24.9 Å². The highest BCUT2D eigenvalue weighted by molar-refractivity contribution is 8.00. The molecule has 1 fully saturated rings. The number of alkyl halides is 1. The smallest absolute Gasteiger partial charge is 0.235 e. The number of nitrogens with one attached hydrogen (secondary N) is 2. The van der Waals surface area contributed by atoms with Crippen LogP contribution in [-0.2, 0) is 17.8 Å². The number of methoxy groups -OCH3 is 1. The third-order valence-corrected chi connectivity index (χ3v) is 7.62. The van der Waals surface area contributed by atoms with Crippen LogP contribution in [0.3, 0.4) is 0 Å². The first kappa shape index (κ1) is 30.2. The molecule has 3 aromatic rings. The lowest BCUT2D eigenvalue weighted by Crippen LogP contribution is -2.51. The van der Waals surface area contributed by atoms with Gasteiger partial charge in [-0.3, -0.25) is 14.7 Å². The molecule has 2 atom stereocenters. The van der Waals surface area contributed by atoms with Crippen LogP contribution in [0.15, 0.2) is 35.4 Å². The molecule has 2 N–H and O–H groups in total. The minimum absolute atomic E-state index is 0. The quantitative estimate of drug-likeness (QED) is 0.418. The number of aromatic nitrogens is 2. The van der Waals surface area contributed by atoms with Gasteiger partial charge in [-0.1, -0.05) is 0 Å². The zero-order valence-electron chi connectivity index (χ0n) is 20.5. The SMILES string of the molecule is COc1cc(F)c2ncc(F)c(CCN3CC[C@@H](NCc4ccc5c(n4)NC(=O)CS5)[C@@H](F)C3)c2c1.Cl.Cl. The van der Waals surface area contributed by atoms with E-state index < -0.39 is 17.8 Å². The number of likely N-dealkylation sites (tertiary alicyclic amines) is 1. The molecule has 0 unspecified atom stereocenters. The third-order valence-electron chi connectivity index (χ3n) is 6.57. The molecule has 1 amide bonds. The predicted molar refractivity (Wildman–Crippen MR) is 147 cm³/mol. The molecule has 5 rings (SSSR count). The Labute approximate surface area is 235 Å². The van der Waals surface area contributed by atoms with Crippen molar-refractivity contribution in [1.29, 1.82) is 0 Å². The van der Waals surface area contributed by atoms with Gasteiger partial charge < -0.3 is 15.4 Å². The zero-order chi connectivity index (χ0) is 25.2. The first-order chi connectivity index (χ1) is 17.4. The second-order valence-corrected chi connectivity index (χ2v) is 9.94. The summed E-state index contributed by atoms with van der Waals surface area (Å²) in [6.07, 6.45) is 0.801. The number of ether oxygens (including phenoxy) is 1. The van der Waals surface area contributed by atoms with Gasteiger partial charge in [0.2, 0.25) is 5.91 Å². The molecular formula is C25H28Cl2F3N5O2S. The van der Waals surface area contributed by atoms with Crippen LogP contribution < -0.4 is 15.4 Å². The van der Waals surface area contributed by atoms with Crippen molar-refractivity contribution in [3.63, 3.8) is 0 Å². The number of benzene rings is 1. The van der Waals surface area contributed by atoms with Crippen LogP contribution in [0.5, 0.6) is 5.75 Å². The highest BCUT2D eigenvalue weighted by Gasteiger charge is 2.29. The van der Waals surface area contributed by atoms with E-state index in [4.69, 9.17) is 4.74 Å². The Bertz CT molecular complexity index is 1310. The van der Waals surface area contributed by atoms with Gasteiger partial charge >= 0.3 is 0 Å². The average Bonchev–Trinajstić information content (AvgIpc) is 2.87. The minimum Gasteiger partial charge on any atom is -0.497 e. The fraction of sp³-hybridized carbons (Fsp3) is 0.400. The van der Waals surface area contributed by atoms with Crippen molar-refractivity contribution in [2.45, 2.75) is 36.5 Å². The molecule has 38 heavy (non-hydrogen) atoms. The summed E-state index contributed by atoms with van der Waals surface area (Å²) in [5.74, 6) is 0.0508. The van der Waals surface area contributed by atoms with E-state index >= 15 is 0 Å². The number of rotatable bonds is 7. The molecule has 206 valence electrons. The van der Waals surface area contributed by atoms with Gasteiger partial charge in [0.25, 0.3) is 0 Å². The number of anilines is 1. The van der Waals surface area contributed by atoms with Crippen molar-refractivity contribution < 1.29 is 22.7 Å². The largest absolute Gasteiger partial charge is 0.497 e. The number of pyridine rings is 2. The van der Waals surface area contributed by atoms with Gasteiger partial charge in [-0.15, -0.1) is 36.6 Å². The molecule has 7 nitrogen and oxygen atoms in total. The molecule has 2 aliphatic heterocycles. The topological polar surface area (TPSA) is 79.4 Å². The van der Waals surface area contributed by atoms with Gasteiger partial charge in [-0.25, -0.2) is 18.2 Å². The molecular weight excluding hydrogens is 562 g/mol. The third kappa shape index (κ3) is 6.63. The zero-order valence-corrected chi connectivity index (χ0v) is 23.0. The molecule has 13 heteroatoms. The molecule has 0 saturated carbocycles. The number of carbonyl (C=O) groups is 1. The standard InChI is InChI=1S/C25H26F3N5O2S.2ClH/c1-35-15-8-17-16(19(27)11-30-24(17)18(26)9-15)4-6-33-7-5-21(20(28)12-33)29-10-14-2-3-22-25(31-14)32-23(34)13-36-22;;/h2-3,8-9,11,20-21,29H,4-7,10,12-13H2,1H3,(H,31,32,34);2*1H/t20-,21+;;/m0../s1. The van der Waals surface area contributed by atoms with Gasteiger partial charge in [0.1, 0.15) is 29.1 Å². The number of thioether (sulfide) groups is 1. The monoisotopic (exact) mass is 589 g/mol. The van der Waals surface area contributed by atoms with E-state index in [-0.39, 0.29) is 48.8 Å². The summed E-state index contributed by atoms with van der Waals surface area (Å²) >= 11 is 1.45. The van der Waals surface area contributed by atoms with Crippen molar-refractivity contribution in [3.05, 3.63) is 53.4 Å². The molecule has 0 radical (unpaired) electrons. The normalized spacial score (nSPS) is 19.2. The van der Waals surface area contributed by atoms with E-state index in [0.717, 1.165) is 16.8 Å². The van der Waals surface area contributed by atoms with Gasteiger partial charge in [0.05, 0.1) is 29.6 Å². The maximum absolute atomic E-state index is 15.0. The van der Waals surface area contributed by atoms with Crippen LogP contribution in [0.1, 0.15) is 17.7 Å². The average molecular weight is 590 g/mol. The number of amides is 1. The first-order valence-corrected chi connectivity index (χ1v) is 12.7. The molecule has 0 aliphatic carbocycles. The van der Waals surface area contributed by atoms with Crippen LogP contribution >= 0.6 is 36.6 Å². The number of piperidine rings is 1. The minimum atomic E-state index is -1.11. The Balaban J connectivity index is 0.00000200. The summed E-state index contributed by atoms with van der Waals surface area (Å²) in [5.41, 5.74) is 1.17. The van der Waals surface area contributed by atoms with Crippen molar-refractivity contribution >= 4 is 59.2 Å². The number of carbonyl (C=O) groups excluding carboxylic acids is 1. The molecule has 2 aliphatic rings. The van der Waals surface area contributed by atoms with Crippen molar-refractivity contribution in [1.82, 2.24) is 20.2 Å². The predicted octanol–water partition coefficient (Wildman–Crippen LogP) is 4.55. The van der Waals surface area contributed by atoms with Gasteiger partial charge in [0.15, 0.2) is 5.82 Å². The Morgan fingerprint density at radius 3 is 2.82 bits per heavy atom. The lowest BCUT2D eigenvalue weighted by atomic mass is 10.0. The second kappa shape index (κ2) is 13.2. The summed E-state index contributed by atoms with van der Waals surface area (Å²) in [7, 11) is 1.42. The Kier molecular flexibility index (Phi) is 10.5. The number of nitrogens with zero attached hydrogens (tertiary/aromatic N) is 3. The summed E-state index contributed by atoms with van der Waals surface area (Å²) in [5, 5.41) is 6.38. The summed E-state index contributed by atoms with van der Waals surface area (Å²) < 4.78 is 49.1. The van der Waals surface area contributed by atoms with Crippen molar-refractivity contribution in [2.75, 3.05) is 37.8 Å². The van der Waals surface area contributed by atoms with Crippen LogP contribution in [0, 0.1) is 11.6 Å². The summed E-state index contributed by atoms with van der Waals surface area (Å²) in [6.45, 7) is 1.68. The fourth-order valence-corrected chi connectivity index (χ4v) is 5.40.